The molecule has 0 aliphatic heterocycles. The molecule has 106 valence electrons. The molecule has 2 aromatic heterocycles. The number of aromatic nitrogens is 4. The van der Waals surface area contributed by atoms with Crippen molar-refractivity contribution < 1.29 is 4.79 Å². The van der Waals surface area contributed by atoms with E-state index < -0.39 is 0 Å². The van der Waals surface area contributed by atoms with E-state index in [4.69, 9.17) is 0 Å². The van der Waals surface area contributed by atoms with Crippen molar-refractivity contribution in [1.82, 2.24) is 25.5 Å². The minimum absolute atomic E-state index is 0.205. The lowest BCUT2D eigenvalue weighted by Crippen LogP contribution is -2.25. The lowest BCUT2D eigenvalue weighted by molar-refractivity contribution is 0.0948. The fourth-order valence-corrected chi connectivity index (χ4v) is 1.77. The molecule has 2 heterocycles. The predicted molar refractivity (Wildman–Crippen MR) is 75.6 cm³/mol. The Labute approximate surface area is 117 Å². The Morgan fingerprint density at radius 2 is 2.15 bits per heavy atom. The molecule has 0 saturated carbocycles. The Hall–Kier alpha value is -2.44. The summed E-state index contributed by atoms with van der Waals surface area (Å²) in [6.07, 6.45) is 6.55. The second-order valence-electron chi connectivity index (χ2n) is 4.42. The van der Waals surface area contributed by atoms with Crippen molar-refractivity contribution in [2.24, 2.45) is 0 Å². The lowest BCUT2D eigenvalue weighted by Gasteiger charge is -2.05. The van der Waals surface area contributed by atoms with Crippen molar-refractivity contribution in [3.05, 3.63) is 35.5 Å². The molecule has 7 heteroatoms. The molecule has 0 aromatic carbocycles. The first kappa shape index (κ1) is 14.0. The number of carbonyl (C=O) groups is 1. The van der Waals surface area contributed by atoms with Crippen molar-refractivity contribution in [2.75, 3.05) is 18.9 Å². The number of aromatic amines is 1. The number of amides is 1. The number of carbonyl (C=O) groups excluding carboxylic acids is 1. The van der Waals surface area contributed by atoms with Crippen LogP contribution >= 0.6 is 0 Å². The number of H-pyrrole nitrogens is 1. The van der Waals surface area contributed by atoms with Crippen LogP contribution in [0.3, 0.4) is 0 Å². The van der Waals surface area contributed by atoms with Crippen molar-refractivity contribution >= 4 is 11.7 Å². The molecular weight excluding hydrogens is 256 g/mol. The SMILES string of the molecule is CNc1cnc(C(=O)NCCCc2cn[nH]c2C)cn1. The van der Waals surface area contributed by atoms with Crippen LogP contribution in [0.1, 0.15) is 28.2 Å². The average molecular weight is 274 g/mol. The van der Waals surface area contributed by atoms with Crippen LogP contribution in [0, 0.1) is 6.92 Å². The van der Waals surface area contributed by atoms with Crippen molar-refractivity contribution in [1.29, 1.82) is 0 Å². The van der Waals surface area contributed by atoms with E-state index in [1.807, 2.05) is 13.1 Å². The molecule has 1 amide bonds. The van der Waals surface area contributed by atoms with Gasteiger partial charge in [0.15, 0.2) is 0 Å². The zero-order chi connectivity index (χ0) is 14.4. The van der Waals surface area contributed by atoms with E-state index in [-0.39, 0.29) is 5.91 Å². The largest absolute Gasteiger partial charge is 0.372 e. The first-order valence-corrected chi connectivity index (χ1v) is 6.47. The van der Waals surface area contributed by atoms with Gasteiger partial charge in [-0.05, 0) is 25.3 Å². The summed E-state index contributed by atoms with van der Waals surface area (Å²) in [5, 5.41) is 12.5. The predicted octanol–water partition coefficient (Wildman–Crippen LogP) is 0.912. The molecule has 0 bridgehead atoms. The van der Waals surface area contributed by atoms with Crippen LogP contribution in [-0.4, -0.2) is 39.7 Å². The summed E-state index contributed by atoms with van der Waals surface area (Å²) < 4.78 is 0. The van der Waals surface area contributed by atoms with E-state index in [2.05, 4.69) is 30.8 Å². The maximum atomic E-state index is 11.8. The van der Waals surface area contributed by atoms with Gasteiger partial charge in [-0.15, -0.1) is 0 Å². The highest BCUT2D eigenvalue weighted by Crippen LogP contribution is 2.05. The van der Waals surface area contributed by atoms with Crippen molar-refractivity contribution in [3.8, 4) is 0 Å². The Morgan fingerprint density at radius 3 is 2.75 bits per heavy atom. The lowest BCUT2D eigenvalue weighted by atomic mass is 10.1. The summed E-state index contributed by atoms with van der Waals surface area (Å²) in [6.45, 7) is 2.58. The van der Waals surface area contributed by atoms with Gasteiger partial charge in [0, 0.05) is 19.3 Å². The molecule has 7 nitrogen and oxygen atoms in total. The zero-order valence-electron chi connectivity index (χ0n) is 11.6. The molecule has 0 radical (unpaired) electrons. The average Bonchev–Trinajstić information content (AvgIpc) is 2.89. The van der Waals surface area contributed by atoms with Gasteiger partial charge in [-0.1, -0.05) is 0 Å². The van der Waals surface area contributed by atoms with Gasteiger partial charge in [0.05, 0.1) is 18.6 Å². The van der Waals surface area contributed by atoms with E-state index in [9.17, 15) is 4.79 Å². The number of nitrogens with one attached hydrogen (secondary N) is 3. The third-order valence-electron chi connectivity index (χ3n) is 2.98. The summed E-state index contributed by atoms with van der Waals surface area (Å²) in [5.74, 6) is 0.432. The molecule has 20 heavy (non-hydrogen) atoms. The van der Waals surface area contributed by atoms with Crippen molar-refractivity contribution in [2.45, 2.75) is 19.8 Å². The molecule has 0 aliphatic carbocycles. The van der Waals surface area contributed by atoms with Crippen LogP contribution in [0.15, 0.2) is 18.6 Å². The summed E-state index contributed by atoms with van der Waals surface area (Å²) in [4.78, 5) is 19.9. The fraction of sp³-hybridized carbons (Fsp3) is 0.385. The maximum absolute atomic E-state index is 11.8. The van der Waals surface area contributed by atoms with Crippen LogP contribution in [-0.2, 0) is 6.42 Å². The van der Waals surface area contributed by atoms with Crippen LogP contribution in [0.5, 0.6) is 0 Å². The van der Waals surface area contributed by atoms with Gasteiger partial charge in [0.25, 0.3) is 5.91 Å². The Bertz CT molecular complexity index is 562. The molecule has 2 rings (SSSR count). The summed E-state index contributed by atoms with van der Waals surface area (Å²) in [7, 11) is 1.75. The highest BCUT2D eigenvalue weighted by Gasteiger charge is 2.07. The van der Waals surface area contributed by atoms with Gasteiger partial charge in [-0.25, -0.2) is 9.97 Å². The minimum Gasteiger partial charge on any atom is -0.372 e. The van der Waals surface area contributed by atoms with Gasteiger partial charge in [0.1, 0.15) is 11.5 Å². The zero-order valence-corrected chi connectivity index (χ0v) is 11.6. The molecule has 3 N–H and O–H groups in total. The fourth-order valence-electron chi connectivity index (χ4n) is 1.77. The Morgan fingerprint density at radius 1 is 1.30 bits per heavy atom. The monoisotopic (exact) mass is 274 g/mol. The van der Waals surface area contributed by atoms with Crippen LogP contribution < -0.4 is 10.6 Å². The summed E-state index contributed by atoms with van der Waals surface area (Å²) >= 11 is 0. The van der Waals surface area contributed by atoms with E-state index in [1.54, 1.807) is 7.05 Å². The molecule has 0 unspecified atom stereocenters. The third kappa shape index (κ3) is 3.53. The van der Waals surface area contributed by atoms with E-state index in [1.165, 1.54) is 18.0 Å². The quantitative estimate of drug-likeness (QED) is 0.681. The van der Waals surface area contributed by atoms with Gasteiger partial charge < -0.3 is 10.6 Å². The van der Waals surface area contributed by atoms with E-state index in [0.717, 1.165) is 18.5 Å². The molecular formula is C13H18N6O. The normalized spacial score (nSPS) is 10.3. The van der Waals surface area contributed by atoms with Gasteiger partial charge in [0.2, 0.25) is 0 Å². The van der Waals surface area contributed by atoms with Crippen LogP contribution in [0.25, 0.3) is 0 Å². The number of aryl methyl sites for hydroxylation is 2. The maximum Gasteiger partial charge on any atom is 0.271 e. The van der Waals surface area contributed by atoms with Gasteiger partial charge >= 0.3 is 0 Å². The number of rotatable bonds is 6. The number of hydrogen-bond acceptors (Lipinski definition) is 5. The Balaban J connectivity index is 1.76. The van der Waals surface area contributed by atoms with Crippen LogP contribution in [0.4, 0.5) is 5.82 Å². The van der Waals surface area contributed by atoms with Crippen molar-refractivity contribution in [3.63, 3.8) is 0 Å². The van der Waals surface area contributed by atoms with Gasteiger partial charge in [-0.2, -0.15) is 5.10 Å². The van der Waals surface area contributed by atoms with E-state index >= 15 is 0 Å². The molecule has 0 saturated heterocycles. The molecule has 0 fully saturated rings. The second-order valence-corrected chi connectivity index (χ2v) is 4.42. The molecule has 0 aliphatic rings. The number of hydrogen-bond donors (Lipinski definition) is 3. The topological polar surface area (TPSA) is 95.6 Å². The summed E-state index contributed by atoms with van der Waals surface area (Å²) in [6, 6.07) is 0. The van der Waals surface area contributed by atoms with Gasteiger partial charge in [-0.3, -0.25) is 9.89 Å². The molecule has 0 spiro atoms. The third-order valence-corrected chi connectivity index (χ3v) is 2.98. The summed E-state index contributed by atoms with van der Waals surface area (Å²) in [5.41, 5.74) is 2.57. The first-order valence-electron chi connectivity index (χ1n) is 6.47. The second kappa shape index (κ2) is 6.65. The Kier molecular flexibility index (Phi) is 4.65. The molecule has 2 aromatic rings. The number of anilines is 1. The highest BCUT2D eigenvalue weighted by atomic mass is 16.1. The van der Waals surface area contributed by atoms with E-state index in [0.29, 0.717) is 18.1 Å². The highest BCUT2D eigenvalue weighted by molar-refractivity contribution is 5.91. The minimum atomic E-state index is -0.205. The smallest absolute Gasteiger partial charge is 0.271 e. The standard InChI is InChI=1S/C13H18N6O/c1-9-10(6-18-19-9)4-3-5-15-13(20)11-7-17-12(14-2)8-16-11/h6-8H,3-5H2,1-2H3,(H,14,17)(H,15,20)(H,18,19). The van der Waals surface area contributed by atoms with Crippen LogP contribution in [0.2, 0.25) is 0 Å². The first-order chi connectivity index (χ1) is 9.70. The number of nitrogens with zero attached hydrogens (tertiary/aromatic N) is 3. The molecule has 0 atom stereocenters.